The number of benzene rings is 2. The van der Waals surface area contributed by atoms with Crippen LogP contribution in [0.3, 0.4) is 0 Å². The summed E-state index contributed by atoms with van der Waals surface area (Å²) in [7, 11) is 1.84. The number of fused-ring (bicyclic) bond motifs is 2. The summed E-state index contributed by atoms with van der Waals surface area (Å²) >= 11 is 9.96. The van der Waals surface area contributed by atoms with Gasteiger partial charge >= 0.3 is 5.76 Å². The number of hydrogen-bond donors (Lipinski definition) is 1. The van der Waals surface area contributed by atoms with Gasteiger partial charge in [0.2, 0.25) is 0 Å². The van der Waals surface area contributed by atoms with Gasteiger partial charge in [-0.2, -0.15) is 5.10 Å². The number of amides is 1. The van der Waals surface area contributed by atoms with Crippen molar-refractivity contribution in [2.24, 2.45) is 7.05 Å². The van der Waals surface area contributed by atoms with Crippen LogP contribution in [-0.4, -0.2) is 25.6 Å². The number of nitrogens with one attached hydrogen (secondary N) is 1. The lowest BCUT2D eigenvalue weighted by Crippen LogP contribution is -2.43. The number of carbonyl (C=O) groups excluding carboxylic acids is 1. The molecule has 0 fully saturated rings. The number of aromatic nitrogens is 3. The van der Waals surface area contributed by atoms with Crippen molar-refractivity contribution < 1.29 is 9.21 Å². The Bertz CT molecular complexity index is 1390. The first-order valence-electron chi connectivity index (χ1n) is 9.66. The lowest BCUT2D eigenvalue weighted by molar-refractivity contribution is 0.0553. The van der Waals surface area contributed by atoms with Crippen molar-refractivity contribution in [3.8, 4) is 0 Å². The molecule has 1 unspecified atom stereocenters. The monoisotopic (exact) mass is 500 g/mol. The fourth-order valence-electron chi connectivity index (χ4n) is 4.33. The molecule has 1 atom stereocenters. The number of hydrogen-bond acceptors (Lipinski definition) is 4. The first kappa shape index (κ1) is 20.1. The zero-order valence-corrected chi connectivity index (χ0v) is 19.1. The van der Waals surface area contributed by atoms with Crippen LogP contribution in [0.1, 0.15) is 34.1 Å². The molecule has 0 bridgehead atoms. The second-order valence-corrected chi connectivity index (χ2v) is 9.26. The Balaban J connectivity index is 1.61. The summed E-state index contributed by atoms with van der Waals surface area (Å²) in [5.41, 5.74) is 3.74. The molecule has 2 aromatic carbocycles. The van der Waals surface area contributed by atoms with Crippen molar-refractivity contribution in [1.29, 1.82) is 0 Å². The molecule has 158 valence electrons. The lowest BCUT2D eigenvalue weighted by atomic mass is 9.86. The van der Waals surface area contributed by atoms with Crippen LogP contribution in [0.4, 0.5) is 0 Å². The molecule has 1 amide bonds. The minimum absolute atomic E-state index is 0.0566. The third-order valence-corrected chi connectivity index (χ3v) is 6.79. The molecule has 3 heterocycles. The summed E-state index contributed by atoms with van der Waals surface area (Å²) in [6, 6.07) is 11.2. The largest absolute Gasteiger partial charge is 0.417 e. The van der Waals surface area contributed by atoms with Gasteiger partial charge in [0.25, 0.3) is 5.91 Å². The van der Waals surface area contributed by atoms with Crippen LogP contribution in [0.2, 0.25) is 5.02 Å². The highest BCUT2D eigenvalue weighted by Gasteiger charge is 2.47. The molecular formula is C22H18BrClN4O3. The van der Waals surface area contributed by atoms with Gasteiger partial charge in [-0.25, -0.2) is 4.79 Å². The zero-order valence-electron chi connectivity index (χ0n) is 16.8. The van der Waals surface area contributed by atoms with E-state index in [2.05, 4.69) is 26.0 Å². The summed E-state index contributed by atoms with van der Waals surface area (Å²) in [5.74, 6) is -0.559. The van der Waals surface area contributed by atoms with Gasteiger partial charge in [-0.3, -0.25) is 14.5 Å². The normalized spacial score (nSPS) is 18.2. The molecule has 0 saturated carbocycles. The van der Waals surface area contributed by atoms with E-state index in [0.717, 1.165) is 21.3 Å². The summed E-state index contributed by atoms with van der Waals surface area (Å²) < 4.78 is 7.84. The maximum Gasteiger partial charge on any atom is 0.417 e. The summed E-state index contributed by atoms with van der Waals surface area (Å²) in [6.07, 6.45) is 2.12. The first-order chi connectivity index (χ1) is 14.8. The smallest absolute Gasteiger partial charge is 0.408 e. The van der Waals surface area contributed by atoms with Crippen LogP contribution in [0.15, 0.2) is 56.3 Å². The SMILES string of the molecule is Cn1ncc(Cl)c1CC1(C)c2cc(Br)ccc2C(=O)N1Cc1ccc2[nH]c(=O)oc2c1. The van der Waals surface area contributed by atoms with Crippen LogP contribution in [0.5, 0.6) is 0 Å². The number of oxazole rings is 1. The molecule has 0 radical (unpaired) electrons. The Hall–Kier alpha value is -2.84. The molecule has 7 nitrogen and oxygen atoms in total. The molecule has 1 aliphatic rings. The van der Waals surface area contributed by atoms with Gasteiger partial charge in [0, 0.05) is 30.0 Å². The van der Waals surface area contributed by atoms with Crippen molar-refractivity contribution in [2.45, 2.75) is 25.4 Å². The molecule has 0 saturated heterocycles. The summed E-state index contributed by atoms with van der Waals surface area (Å²) in [5, 5.41) is 4.82. The third-order valence-electron chi connectivity index (χ3n) is 5.98. The maximum absolute atomic E-state index is 13.5. The van der Waals surface area contributed by atoms with Gasteiger partial charge in [0.05, 0.1) is 28.0 Å². The van der Waals surface area contributed by atoms with Gasteiger partial charge in [0.15, 0.2) is 5.58 Å². The number of aromatic amines is 1. The number of rotatable bonds is 4. The Morgan fingerprint density at radius 1 is 1.23 bits per heavy atom. The molecule has 0 aliphatic carbocycles. The molecule has 5 rings (SSSR count). The lowest BCUT2D eigenvalue weighted by Gasteiger charge is -2.36. The van der Waals surface area contributed by atoms with Crippen molar-refractivity contribution in [3.05, 3.63) is 85.0 Å². The predicted molar refractivity (Wildman–Crippen MR) is 120 cm³/mol. The van der Waals surface area contributed by atoms with Crippen molar-refractivity contribution >= 4 is 44.5 Å². The second kappa shape index (κ2) is 7.10. The van der Waals surface area contributed by atoms with Crippen LogP contribution < -0.4 is 5.76 Å². The van der Waals surface area contributed by atoms with E-state index in [4.69, 9.17) is 16.0 Å². The van der Waals surface area contributed by atoms with Crippen LogP contribution in [0.25, 0.3) is 11.1 Å². The molecule has 9 heteroatoms. The standard InChI is InChI=1S/C22H18BrClN4O3/c1-22(9-18-16(24)10-25-27(18)2)15-8-13(23)4-5-14(15)20(29)28(22)11-12-3-6-17-19(7-12)31-21(30)26-17/h3-8,10H,9,11H2,1-2H3,(H,26,30). The van der Waals surface area contributed by atoms with E-state index in [0.29, 0.717) is 34.7 Å². The number of nitrogens with zero attached hydrogens (tertiary/aromatic N) is 3. The summed E-state index contributed by atoms with van der Waals surface area (Å²) in [4.78, 5) is 29.5. The zero-order chi connectivity index (χ0) is 21.9. The Kier molecular flexibility index (Phi) is 4.60. The Morgan fingerprint density at radius 2 is 2.03 bits per heavy atom. The van der Waals surface area contributed by atoms with Crippen LogP contribution in [-0.2, 0) is 25.6 Å². The van der Waals surface area contributed by atoms with Gasteiger partial charge in [0.1, 0.15) is 0 Å². The van der Waals surface area contributed by atoms with Crippen LogP contribution in [0, 0.1) is 0 Å². The highest BCUT2D eigenvalue weighted by Crippen LogP contribution is 2.44. The third kappa shape index (κ3) is 3.21. The molecule has 4 aromatic rings. The fourth-order valence-corrected chi connectivity index (χ4v) is 4.93. The Labute approximate surface area is 190 Å². The van der Waals surface area contributed by atoms with E-state index in [1.54, 1.807) is 23.0 Å². The maximum atomic E-state index is 13.5. The predicted octanol–water partition coefficient (Wildman–Crippen LogP) is 4.38. The number of halogens is 2. The quantitative estimate of drug-likeness (QED) is 0.450. The van der Waals surface area contributed by atoms with Gasteiger partial charge in [-0.05, 0) is 48.4 Å². The molecule has 1 N–H and O–H groups in total. The second-order valence-electron chi connectivity index (χ2n) is 7.94. The molecule has 31 heavy (non-hydrogen) atoms. The fraction of sp³-hybridized carbons (Fsp3) is 0.227. The van der Waals surface area contributed by atoms with Gasteiger partial charge in [-0.1, -0.05) is 33.6 Å². The van der Waals surface area contributed by atoms with E-state index < -0.39 is 11.3 Å². The van der Waals surface area contributed by atoms with E-state index in [-0.39, 0.29) is 5.91 Å². The first-order valence-corrected chi connectivity index (χ1v) is 10.8. The number of aryl methyl sites for hydroxylation is 1. The molecule has 2 aromatic heterocycles. The topological polar surface area (TPSA) is 84.1 Å². The average molecular weight is 502 g/mol. The van der Waals surface area contributed by atoms with E-state index >= 15 is 0 Å². The summed E-state index contributed by atoms with van der Waals surface area (Å²) in [6.45, 7) is 2.39. The van der Waals surface area contributed by atoms with Crippen LogP contribution >= 0.6 is 27.5 Å². The highest BCUT2D eigenvalue weighted by molar-refractivity contribution is 9.10. The average Bonchev–Trinajstić information content (AvgIpc) is 3.32. The molecular weight excluding hydrogens is 484 g/mol. The van der Waals surface area contributed by atoms with E-state index in [1.807, 2.05) is 43.1 Å². The molecule has 1 aliphatic heterocycles. The van der Waals surface area contributed by atoms with Gasteiger partial charge in [-0.15, -0.1) is 0 Å². The number of H-pyrrole nitrogens is 1. The minimum atomic E-state index is -0.651. The number of carbonyl (C=O) groups is 1. The Morgan fingerprint density at radius 3 is 2.77 bits per heavy atom. The van der Waals surface area contributed by atoms with E-state index in [1.165, 1.54) is 0 Å². The van der Waals surface area contributed by atoms with Crippen molar-refractivity contribution in [3.63, 3.8) is 0 Å². The van der Waals surface area contributed by atoms with Crippen molar-refractivity contribution in [2.75, 3.05) is 0 Å². The van der Waals surface area contributed by atoms with Crippen molar-refractivity contribution in [1.82, 2.24) is 19.7 Å². The minimum Gasteiger partial charge on any atom is -0.408 e. The van der Waals surface area contributed by atoms with Gasteiger partial charge < -0.3 is 9.32 Å². The highest BCUT2D eigenvalue weighted by atomic mass is 79.9. The van der Waals surface area contributed by atoms with E-state index in [9.17, 15) is 9.59 Å². The molecule has 0 spiro atoms.